The normalized spacial score (nSPS) is 14.7. The number of carboxylic acids is 2. The van der Waals surface area contributed by atoms with Crippen molar-refractivity contribution in [3.8, 4) is 0 Å². The number of aliphatic carboxylic acids is 2. The van der Waals surface area contributed by atoms with E-state index in [1.807, 2.05) is 13.8 Å². The molecule has 9 N–H and O–H groups in total. The number of unbranched alkanes of at least 4 members (excludes halogenated alkanes) is 1. The first kappa shape index (κ1) is 29.3. The first-order chi connectivity index (χ1) is 14.9. The van der Waals surface area contributed by atoms with Gasteiger partial charge in [0.15, 0.2) is 0 Å². The van der Waals surface area contributed by atoms with Gasteiger partial charge in [0.1, 0.15) is 18.1 Å². The van der Waals surface area contributed by atoms with Crippen LogP contribution in [0.3, 0.4) is 0 Å². The molecule has 3 amide bonds. The molecule has 4 atom stereocenters. The molecule has 0 aliphatic rings. The highest BCUT2D eigenvalue weighted by Crippen LogP contribution is 2.07. The minimum Gasteiger partial charge on any atom is -0.481 e. The summed E-state index contributed by atoms with van der Waals surface area (Å²) in [6, 6.07) is -4.36. The Morgan fingerprint density at radius 2 is 1.34 bits per heavy atom. The number of nitrogens with two attached hydrogens (primary N) is 2. The fraction of sp³-hybridized carbons (Fsp3) is 0.750. The van der Waals surface area contributed by atoms with Gasteiger partial charge in [-0.15, -0.1) is 0 Å². The second-order valence-electron chi connectivity index (χ2n) is 8.14. The lowest BCUT2D eigenvalue weighted by Crippen LogP contribution is -2.57. The van der Waals surface area contributed by atoms with Gasteiger partial charge in [-0.1, -0.05) is 13.8 Å². The van der Waals surface area contributed by atoms with Crippen molar-refractivity contribution in [3.05, 3.63) is 0 Å². The third-order valence-corrected chi connectivity index (χ3v) is 4.65. The monoisotopic (exact) mass is 459 g/mol. The zero-order chi connectivity index (χ0) is 24.8. The van der Waals surface area contributed by atoms with Gasteiger partial charge in [0.2, 0.25) is 17.7 Å². The lowest BCUT2D eigenvalue weighted by molar-refractivity contribution is -0.142. The molecule has 0 aliphatic heterocycles. The second kappa shape index (κ2) is 15.1. The molecule has 0 saturated carbocycles. The summed E-state index contributed by atoms with van der Waals surface area (Å²) in [6.07, 6.45) is 1.10. The standard InChI is InChI=1S/C20H37N5O7/c1-11(2)10-13(22)17(28)24-14(6-4-5-9-21)19(30)25-15(7-8-16(26)27)18(29)23-12(3)20(31)32/h11-15H,4-10,21-22H2,1-3H3,(H,23,29)(H,24,28)(H,25,30)(H,26,27)(H,31,32). The number of carbonyl (C=O) groups is 5. The van der Waals surface area contributed by atoms with Crippen LogP contribution in [0.15, 0.2) is 0 Å². The Kier molecular flexibility index (Phi) is 13.8. The molecular formula is C20H37N5O7. The predicted molar refractivity (Wildman–Crippen MR) is 116 cm³/mol. The van der Waals surface area contributed by atoms with Crippen molar-refractivity contribution in [2.24, 2.45) is 17.4 Å². The smallest absolute Gasteiger partial charge is 0.325 e. The van der Waals surface area contributed by atoms with E-state index < -0.39 is 60.2 Å². The topological polar surface area (TPSA) is 214 Å². The lowest BCUT2D eigenvalue weighted by Gasteiger charge is -2.25. The van der Waals surface area contributed by atoms with Crippen molar-refractivity contribution >= 4 is 29.7 Å². The van der Waals surface area contributed by atoms with E-state index in [0.29, 0.717) is 25.8 Å². The molecule has 0 radical (unpaired) electrons. The van der Waals surface area contributed by atoms with Gasteiger partial charge in [-0.3, -0.25) is 24.0 Å². The van der Waals surface area contributed by atoms with Crippen molar-refractivity contribution < 1.29 is 34.2 Å². The van der Waals surface area contributed by atoms with Gasteiger partial charge >= 0.3 is 11.9 Å². The van der Waals surface area contributed by atoms with Gasteiger partial charge in [0, 0.05) is 6.42 Å². The van der Waals surface area contributed by atoms with Crippen molar-refractivity contribution in [3.63, 3.8) is 0 Å². The molecule has 0 saturated heterocycles. The Balaban J connectivity index is 5.39. The Morgan fingerprint density at radius 3 is 1.84 bits per heavy atom. The van der Waals surface area contributed by atoms with Crippen LogP contribution in [0.5, 0.6) is 0 Å². The molecule has 184 valence electrons. The highest BCUT2D eigenvalue weighted by atomic mass is 16.4. The molecule has 12 heteroatoms. The maximum atomic E-state index is 12.9. The number of amides is 3. The minimum atomic E-state index is -1.29. The number of hydrogen-bond donors (Lipinski definition) is 7. The minimum absolute atomic E-state index is 0.167. The average molecular weight is 460 g/mol. The molecule has 0 aliphatic carbocycles. The SMILES string of the molecule is CC(C)CC(N)C(=O)NC(CCCCN)C(=O)NC(CCC(=O)O)C(=O)NC(C)C(=O)O. The molecular weight excluding hydrogens is 422 g/mol. The second-order valence-corrected chi connectivity index (χ2v) is 8.14. The van der Waals surface area contributed by atoms with E-state index in [0.717, 1.165) is 0 Å². The van der Waals surface area contributed by atoms with E-state index >= 15 is 0 Å². The van der Waals surface area contributed by atoms with Crippen LogP contribution >= 0.6 is 0 Å². The average Bonchev–Trinajstić information content (AvgIpc) is 2.69. The number of carbonyl (C=O) groups excluding carboxylic acids is 3. The van der Waals surface area contributed by atoms with E-state index in [2.05, 4.69) is 16.0 Å². The summed E-state index contributed by atoms with van der Waals surface area (Å²) in [7, 11) is 0. The van der Waals surface area contributed by atoms with Crippen molar-refractivity contribution in [2.75, 3.05) is 6.54 Å². The van der Waals surface area contributed by atoms with Gasteiger partial charge in [-0.05, 0) is 51.5 Å². The molecule has 0 heterocycles. The molecule has 0 aromatic carbocycles. The maximum absolute atomic E-state index is 12.9. The highest BCUT2D eigenvalue weighted by molar-refractivity contribution is 5.94. The largest absolute Gasteiger partial charge is 0.481 e. The van der Waals surface area contributed by atoms with Crippen LogP contribution in [0.2, 0.25) is 0 Å². The molecule has 12 nitrogen and oxygen atoms in total. The summed E-state index contributed by atoms with van der Waals surface area (Å²) in [5.74, 6) is -4.35. The van der Waals surface area contributed by atoms with Crippen LogP contribution in [0, 0.1) is 5.92 Å². The predicted octanol–water partition coefficient (Wildman–Crippen LogP) is -1.09. The van der Waals surface area contributed by atoms with Crippen molar-refractivity contribution in [2.45, 2.75) is 83.5 Å². The first-order valence-corrected chi connectivity index (χ1v) is 10.7. The Hall–Kier alpha value is -2.73. The molecule has 0 rings (SSSR count). The van der Waals surface area contributed by atoms with Gasteiger partial charge in [-0.25, -0.2) is 0 Å². The number of hydrogen-bond acceptors (Lipinski definition) is 7. The van der Waals surface area contributed by atoms with Gasteiger partial charge in [0.25, 0.3) is 0 Å². The van der Waals surface area contributed by atoms with Crippen molar-refractivity contribution in [1.82, 2.24) is 16.0 Å². The fourth-order valence-corrected chi connectivity index (χ4v) is 2.84. The highest BCUT2D eigenvalue weighted by Gasteiger charge is 2.29. The van der Waals surface area contributed by atoms with Gasteiger partial charge in [0.05, 0.1) is 6.04 Å². The molecule has 32 heavy (non-hydrogen) atoms. The molecule has 0 fully saturated rings. The molecule has 0 aromatic rings. The van der Waals surface area contributed by atoms with E-state index in [-0.39, 0.29) is 18.8 Å². The quantitative estimate of drug-likeness (QED) is 0.139. The number of rotatable bonds is 16. The summed E-state index contributed by atoms with van der Waals surface area (Å²) in [6.45, 7) is 5.44. The third-order valence-electron chi connectivity index (χ3n) is 4.65. The zero-order valence-corrected chi connectivity index (χ0v) is 18.9. The van der Waals surface area contributed by atoms with Crippen LogP contribution in [0.4, 0.5) is 0 Å². The van der Waals surface area contributed by atoms with Crippen LogP contribution in [0.25, 0.3) is 0 Å². The van der Waals surface area contributed by atoms with E-state index in [9.17, 15) is 24.0 Å². The summed E-state index contributed by atoms with van der Waals surface area (Å²) in [5.41, 5.74) is 11.4. The maximum Gasteiger partial charge on any atom is 0.325 e. The molecule has 0 aromatic heterocycles. The summed E-state index contributed by atoms with van der Waals surface area (Å²) in [4.78, 5) is 59.6. The summed E-state index contributed by atoms with van der Waals surface area (Å²) < 4.78 is 0. The Morgan fingerprint density at radius 1 is 0.812 bits per heavy atom. The van der Waals surface area contributed by atoms with Gasteiger partial charge in [-0.2, -0.15) is 0 Å². The van der Waals surface area contributed by atoms with Crippen LogP contribution in [0.1, 0.15) is 59.3 Å². The summed E-state index contributed by atoms with van der Waals surface area (Å²) >= 11 is 0. The Bertz CT molecular complexity index is 656. The van der Waals surface area contributed by atoms with E-state index in [4.69, 9.17) is 21.7 Å². The fourth-order valence-electron chi connectivity index (χ4n) is 2.84. The molecule has 0 spiro atoms. The van der Waals surface area contributed by atoms with E-state index in [1.54, 1.807) is 0 Å². The lowest BCUT2D eigenvalue weighted by atomic mass is 10.0. The molecule has 0 bridgehead atoms. The zero-order valence-electron chi connectivity index (χ0n) is 18.9. The molecule has 4 unspecified atom stereocenters. The first-order valence-electron chi connectivity index (χ1n) is 10.7. The van der Waals surface area contributed by atoms with E-state index in [1.165, 1.54) is 6.92 Å². The van der Waals surface area contributed by atoms with Crippen LogP contribution in [-0.4, -0.2) is 70.6 Å². The van der Waals surface area contributed by atoms with Crippen molar-refractivity contribution in [1.29, 1.82) is 0 Å². The number of nitrogens with one attached hydrogen (secondary N) is 3. The van der Waals surface area contributed by atoms with Crippen LogP contribution < -0.4 is 27.4 Å². The summed E-state index contributed by atoms with van der Waals surface area (Å²) in [5, 5.41) is 25.1. The van der Waals surface area contributed by atoms with Crippen LogP contribution in [-0.2, 0) is 24.0 Å². The third kappa shape index (κ3) is 12.2. The Labute approximate surface area is 187 Å². The van der Waals surface area contributed by atoms with Gasteiger partial charge < -0.3 is 37.6 Å². The number of carboxylic acid groups (broad SMARTS) is 2.